The molecule has 1 aliphatic rings. The fraction of sp³-hybridized carbons (Fsp3) is 0.174. The number of furan rings is 1. The van der Waals surface area contributed by atoms with Gasteiger partial charge >= 0.3 is 0 Å². The van der Waals surface area contributed by atoms with E-state index in [4.69, 9.17) is 32.6 Å². The first kappa shape index (κ1) is 19.2. The predicted molar refractivity (Wildman–Crippen MR) is 117 cm³/mol. The molecular formula is C23H18Cl2N4O. The van der Waals surface area contributed by atoms with Gasteiger partial charge in [-0.2, -0.15) is 0 Å². The molecule has 0 fully saturated rings. The fourth-order valence-corrected chi connectivity index (χ4v) is 4.04. The van der Waals surface area contributed by atoms with Gasteiger partial charge in [0.15, 0.2) is 5.82 Å². The van der Waals surface area contributed by atoms with Crippen molar-refractivity contribution in [2.75, 3.05) is 6.54 Å². The Balaban J connectivity index is 1.30. The van der Waals surface area contributed by atoms with Gasteiger partial charge in [-0.15, -0.1) is 0 Å². The molecule has 0 bridgehead atoms. The molecule has 1 aliphatic heterocycles. The fourth-order valence-electron chi connectivity index (χ4n) is 3.66. The van der Waals surface area contributed by atoms with Gasteiger partial charge < -0.3 is 4.42 Å². The lowest BCUT2D eigenvalue weighted by Gasteiger charge is -2.27. The summed E-state index contributed by atoms with van der Waals surface area (Å²) in [6.07, 6.45) is 6.34. The SMILES string of the molecule is Clc1ccc(Cl)c(-c2ccc(CN3CCc4nc(-c5cccnc5)ncc4C3)o2)c1. The molecule has 0 amide bonds. The third-order valence-corrected chi connectivity index (χ3v) is 5.73. The summed E-state index contributed by atoms with van der Waals surface area (Å²) < 4.78 is 6.05. The van der Waals surface area contributed by atoms with Crippen LogP contribution in [0, 0.1) is 0 Å². The first-order chi connectivity index (χ1) is 14.7. The summed E-state index contributed by atoms with van der Waals surface area (Å²) in [5.41, 5.74) is 3.99. The molecule has 3 aromatic heterocycles. The van der Waals surface area contributed by atoms with E-state index in [0.29, 0.717) is 16.6 Å². The second-order valence-corrected chi connectivity index (χ2v) is 8.10. The van der Waals surface area contributed by atoms with Gasteiger partial charge in [0, 0.05) is 59.8 Å². The van der Waals surface area contributed by atoms with E-state index in [0.717, 1.165) is 59.2 Å². The number of hydrogen-bond donors (Lipinski definition) is 0. The molecule has 4 heterocycles. The minimum atomic E-state index is 0.619. The van der Waals surface area contributed by atoms with Crippen molar-refractivity contribution in [3.63, 3.8) is 0 Å². The number of rotatable bonds is 4. The maximum absolute atomic E-state index is 6.30. The number of halogens is 2. The number of hydrogen-bond acceptors (Lipinski definition) is 5. The van der Waals surface area contributed by atoms with Gasteiger partial charge in [0.05, 0.1) is 17.3 Å². The third kappa shape index (κ3) is 3.97. The van der Waals surface area contributed by atoms with E-state index in [1.54, 1.807) is 24.5 Å². The molecule has 7 heteroatoms. The summed E-state index contributed by atoms with van der Waals surface area (Å²) in [6.45, 7) is 2.41. The number of nitrogens with zero attached hydrogens (tertiary/aromatic N) is 4. The number of pyridine rings is 1. The average molecular weight is 437 g/mol. The summed E-state index contributed by atoms with van der Waals surface area (Å²) in [4.78, 5) is 15.8. The zero-order valence-electron chi connectivity index (χ0n) is 16.1. The Kier molecular flexibility index (Phi) is 5.25. The molecule has 0 saturated carbocycles. The van der Waals surface area contributed by atoms with Crippen LogP contribution in [0.5, 0.6) is 0 Å². The first-order valence-electron chi connectivity index (χ1n) is 9.67. The average Bonchev–Trinajstić information content (AvgIpc) is 3.24. The first-order valence-corrected chi connectivity index (χ1v) is 10.4. The maximum Gasteiger partial charge on any atom is 0.160 e. The predicted octanol–water partition coefficient (Wildman–Crippen LogP) is 5.66. The quantitative estimate of drug-likeness (QED) is 0.412. The molecule has 0 aliphatic carbocycles. The molecule has 0 spiro atoms. The topological polar surface area (TPSA) is 55.1 Å². The smallest absolute Gasteiger partial charge is 0.160 e. The zero-order valence-corrected chi connectivity index (χ0v) is 17.6. The van der Waals surface area contributed by atoms with Gasteiger partial charge in [-0.3, -0.25) is 9.88 Å². The Morgan fingerprint density at radius 2 is 2.00 bits per heavy atom. The summed E-state index contributed by atoms with van der Waals surface area (Å²) >= 11 is 12.4. The van der Waals surface area contributed by atoms with E-state index in [2.05, 4.69) is 14.9 Å². The van der Waals surface area contributed by atoms with Gasteiger partial charge in [0.2, 0.25) is 0 Å². The monoisotopic (exact) mass is 436 g/mol. The second kappa shape index (κ2) is 8.19. The van der Waals surface area contributed by atoms with E-state index in [-0.39, 0.29) is 0 Å². The molecule has 4 aromatic rings. The van der Waals surface area contributed by atoms with E-state index >= 15 is 0 Å². The van der Waals surface area contributed by atoms with Crippen LogP contribution in [0.3, 0.4) is 0 Å². The van der Waals surface area contributed by atoms with E-state index in [1.165, 1.54) is 0 Å². The highest BCUT2D eigenvalue weighted by Crippen LogP contribution is 2.32. The van der Waals surface area contributed by atoms with Crippen molar-refractivity contribution in [1.29, 1.82) is 0 Å². The van der Waals surface area contributed by atoms with Crippen molar-refractivity contribution in [1.82, 2.24) is 19.9 Å². The lowest BCUT2D eigenvalue weighted by molar-refractivity contribution is 0.224. The van der Waals surface area contributed by atoms with Gasteiger partial charge in [0.1, 0.15) is 11.5 Å². The summed E-state index contributed by atoms with van der Waals surface area (Å²) in [5.74, 6) is 2.33. The second-order valence-electron chi connectivity index (χ2n) is 7.26. The van der Waals surface area contributed by atoms with Crippen LogP contribution in [-0.4, -0.2) is 26.4 Å². The van der Waals surface area contributed by atoms with Gasteiger partial charge in [-0.05, 0) is 42.5 Å². The van der Waals surface area contributed by atoms with Gasteiger partial charge in [-0.1, -0.05) is 23.2 Å². The number of aromatic nitrogens is 3. The molecule has 0 unspecified atom stereocenters. The maximum atomic E-state index is 6.30. The minimum Gasteiger partial charge on any atom is -0.460 e. The van der Waals surface area contributed by atoms with E-state index < -0.39 is 0 Å². The molecule has 0 radical (unpaired) electrons. The normalized spacial score (nSPS) is 13.9. The van der Waals surface area contributed by atoms with Crippen LogP contribution in [0.2, 0.25) is 10.0 Å². The molecule has 1 aromatic carbocycles. The van der Waals surface area contributed by atoms with E-state index in [1.807, 2.05) is 36.5 Å². The van der Waals surface area contributed by atoms with Gasteiger partial charge in [-0.25, -0.2) is 9.97 Å². The highest BCUT2D eigenvalue weighted by Gasteiger charge is 2.20. The van der Waals surface area contributed by atoms with E-state index in [9.17, 15) is 0 Å². The van der Waals surface area contributed by atoms with Crippen LogP contribution in [-0.2, 0) is 19.5 Å². The van der Waals surface area contributed by atoms with Crippen LogP contribution in [0.1, 0.15) is 17.0 Å². The van der Waals surface area contributed by atoms with Crippen molar-refractivity contribution in [3.8, 4) is 22.7 Å². The molecule has 5 nitrogen and oxygen atoms in total. The van der Waals surface area contributed by atoms with Crippen LogP contribution >= 0.6 is 23.2 Å². The Labute approximate surface area is 184 Å². The third-order valence-electron chi connectivity index (χ3n) is 5.17. The molecule has 30 heavy (non-hydrogen) atoms. The minimum absolute atomic E-state index is 0.619. The van der Waals surface area contributed by atoms with Crippen LogP contribution < -0.4 is 0 Å². The highest BCUT2D eigenvalue weighted by atomic mass is 35.5. The molecular weight excluding hydrogens is 419 g/mol. The Bertz CT molecular complexity index is 1190. The van der Waals surface area contributed by atoms with Crippen molar-refractivity contribution < 1.29 is 4.42 Å². The highest BCUT2D eigenvalue weighted by molar-refractivity contribution is 6.35. The summed E-state index contributed by atoms with van der Waals surface area (Å²) in [6, 6.07) is 13.2. The Morgan fingerprint density at radius 3 is 2.87 bits per heavy atom. The summed E-state index contributed by atoms with van der Waals surface area (Å²) in [5, 5.41) is 1.25. The Morgan fingerprint density at radius 1 is 1.07 bits per heavy atom. The van der Waals surface area contributed by atoms with Gasteiger partial charge in [0.25, 0.3) is 0 Å². The van der Waals surface area contributed by atoms with Crippen molar-refractivity contribution in [2.45, 2.75) is 19.5 Å². The molecule has 0 atom stereocenters. The lowest BCUT2D eigenvalue weighted by atomic mass is 10.1. The number of benzene rings is 1. The zero-order chi connectivity index (χ0) is 20.5. The van der Waals surface area contributed by atoms with Crippen molar-refractivity contribution >= 4 is 23.2 Å². The largest absolute Gasteiger partial charge is 0.460 e. The molecule has 150 valence electrons. The van der Waals surface area contributed by atoms with Crippen molar-refractivity contribution in [2.24, 2.45) is 0 Å². The number of fused-ring (bicyclic) bond motifs is 1. The van der Waals surface area contributed by atoms with Crippen LogP contribution in [0.4, 0.5) is 0 Å². The summed E-state index contributed by atoms with van der Waals surface area (Å²) in [7, 11) is 0. The Hall–Kier alpha value is -2.73. The molecule has 0 saturated heterocycles. The standard InChI is InChI=1S/C23H18Cl2N4O/c24-17-3-5-20(25)19(10-17)22-6-4-18(30-22)14-29-9-7-21-16(13-29)12-27-23(28-21)15-2-1-8-26-11-15/h1-6,8,10-12H,7,9,13-14H2. The molecule has 5 rings (SSSR count). The van der Waals surface area contributed by atoms with Crippen LogP contribution in [0.25, 0.3) is 22.7 Å². The molecule has 0 N–H and O–H groups in total. The lowest BCUT2D eigenvalue weighted by Crippen LogP contribution is -2.30. The van der Waals surface area contributed by atoms with Crippen LogP contribution in [0.15, 0.2) is 65.5 Å². The van der Waals surface area contributed by atoms with Crippen molar-refractivity contribution in [3.05, 3.63) is 88.1 Å².